The fourth-order valence-corrected chi connectivity index (χ4v) is 0.618. The molecule has 0 radical (unpaired) electrons. The fraction of sp³-hybridized carbons (Fsp3) is 0.400. The van der Waals surface area contributed by atoms with Gasteiger partial charge in [-0.25, -0.2) is 0 Å². The molecule has 0 bridgehead atoms. The van der Waals surface area contributed by atoms with E-state index in [1.54, 1.807) is 0 Å². The van der Waals surface area contributed by atoms with E-state index in [2.05, 4.69) is 5.32 Å². The van der Waals surface area contributed by atoms with Crippen molar-refractivity contribution in [3.8, 4) is 0 Å². The van der Waals surface area contributed by atoms with Gasteiger partial charge in [-0.15, -0.1) is 0 Å². The van der Waals surface area contributed by atoms with Gasteiger partial charge in [0.25, 0.3) is 0 Å². The smallest absolute Gasteiger partial charge is 0.595 e. The summed E-state index contributed by atoms with van der Waals surface area (Å²) < 4.78 is 0. The topological polar surface area (TPSA) is 65.3 Å². The van der Waals surface area contributed by atoms with Gasteiger partial charge >= 0.3 is 32.7 Å². The first kappa shape index (κ1) is 9.91. The van der Waals surface area contributed by atoms with E-state index in [9.17, 15) is 14.4 Å². The fourth-order valence-electron chi connectivity index (χ4n) is 0.618. The molecule has 1 saturated heterocycles. The summed E-state index contributed by atoms with van der Waals surface area (Å²) in [5, 5.41) is 3.03. The van der Waals surface area contributed by atoms with E-state index in [0.29, 0.717) is 0 Å². The van der Waals surface area contributed by atoms with Gasteiger partial charge in [-0.05, 0) is 0 Å². The third-order valence-corrected chi connectivity index (χ3v) is 0.946. The number of rotatable bonds is 0. The number of nitrogens with zero attached hydrogens (tertiary/aromatic N) is 1. The second-order valence-corrected chi connectivity index (χ2v) is 1.79. The summed E-state index contributed by atoms with van der Waals surface area (Å²) >= 11 is 0. The first-order valence-electron chi connectivity index (χ1n) is 2.47. The molecule has 4 nitrogen and oxygen atoms in total. The molecule has 1 rings (SSSR count). The second-order valence-electron chi connectivity index (χ2n) is 1.79. The summed E-state index contributed by atoms with van der Waals surface area (Å²) in [5.74, 6) is -1.56. The van der Waals surface area contributed by atoms with Crippen molar-refractivity contribution in [1.82, 2.24) is 0 Å². The number of hydrogen-bond acceptors (Lipinski definition) is 3. The van der Waals surface area contributed by atoms with E-state index in [4.69, 9.17) is 0 Å². The van der Waals surface area contributed by atoms with Crippen LogP contribution >= 0.6 is 0 Å². The number of imide groups is 1. The molecule has 10 heavy (non-hydrogen) atoms. The van der Waals surface area contributed by atoms with Crippen LogP contribution in [0.25, 0.3) is 5.32 Å². The van der Waals surface area contributed by atoms with Gasteiger partial charge in [-0.3, -0.25) is 4.79 Å². The zero-order valence-electron chi connectivity index (χ0n) is 5.16. The van der Waals surface area contributed by atoms with E-state index in [-0.39, 0.29) is 51.3 Å². The number of Topliss-reactive ketones (excluding diaryl/α,β-unsaturated/α-hetero) is 1. The third-order valence-electron chi connectivity index (χ3n) is 0.946. The number of ketones is 1. The van der Waals surface area contributed by atoms with E-state index in [1.807, 2.05) is 0 Å². The third kappa shape index (κ3) is 2.67. The summed E-state index contributed by atoms with van der Waals surface area (Å²) in [5.41, 5.74) is 0. The molecule has 0 spiro atoms. The summed E-state index contributed by atoms with van der Waals surface area (Å²) in [6.45, 7) is 0. The maximum absolute atomic E-state index is 10.4. The molecule has 0 atom stereocenters. The van der Waals surface area contributed by atoms with Crippen LogP contribution in [0, 0.1) is 0 Å². The molecule has 2 amide bonds. The van der Waals surface area contributed by atoms with Crippen molar-refractivity contribution < 1.29 is 47.1 Å². The molecular formula is C5H4NO3Y+2. The van der Waals surface area contributed by atoms with Gasteiger partial charge in [0.15, 0.2) is 0 Å². The Bertz CT molecular complexity index is 144. The van der Waals surface area contributed by atoms with Crippen LogP contribution in [-0.4, -0.2) is 17.6 Å². The molecular weight excluding hydrogens is 211 g/mol. The molecule has 0 saturated carbocycles. The second kappa shape index (κ2) is 3.93. The monoisotopic (exact) mass is 215 g/mol. The minimum absolute atomic E-state index is 0. The average Bonchev–Trinajstić information content (AvgIpc) is 1.59. The Kier molecular flexibility index (Phi) is 3.90. The summed E-state index contributed by atoms with van der Waals surface area (Å²) in [6.07, 6.45) is -0.405. The summed E-state index contributed by atoms with van der Waals surface area (Å²) in [6, 6.07) is 0. The van der Waals surface area contributed by atoms with Crippen LogP contribution in [0.3, 0.4) is 0 Å². The number of hydrogen-bond donors (Lipinski definition) is 0. The molecule has 0 aromatic rings. The van der Waals surface area contributed by atoms with Crippen LogP contribution in [-0.2, 0) is 47.1 Å². The van der Waals surface area contributed by atoms with Gasteiger partial charge in [0.1, 0.15) is 5.78 Å². The Morgan fingerprint density at radius 2 is 1.40 bits per heavy atom. The predicted octanol–water partition coefficient (Wildman–Crippen LogP) is -0.226. The van der Waals surface area contributed by atoms with E-state index in [1.165, 1.54) is 0 Å². The van der Waals surface area contributed by atoms with Gasteiger partial charge in [-0.1, -0.05) is 0 Å². The minimum atomic E-state index is -0.615. The van der Waals surface area contributed by atoms with Crippen LogP contribution in [0.1, 0.15) is 12.8 Å². The van der Waals surface area contributed by atoms with Crippen molar-refractivity contribution in [3.05, 3.63) is 5.32 Å². The summed E-state index contributed by atoms with van der Waals surface area (Å²) in [7, 11) is 0. The van der Waals surface area contributed by atoms with Gasteiger partial charge in [0, 0.05) is 12.8 Å². The largest absolute Gasteiger partial charge is 3.00 e. The number of piperidine rings is 1. The zero-order chi connectivity index (χ0) is 6.85. The van der Waals surface area contributed by atoms with Crippen molar-refractivity contribution in [1.29, 1.82) is 0 Å². The SMILES string of the molecule is O=C1CC(=O)[N-]C(=O)C1.[Y+3]. The van der Waals surface area contributed by atoms with Crippen molar-refractivity contribution in [3.63, 3.8) is 0 Å². The van der Waals surface area contributed by atoms with E-state index >= 15 is 0 Å². The van der Waals surface area contributed by atoms with Gasteiger partial charge in [0.05, 0.1) is 11.8 Å². The first-order chi connectivity index (χ1) is 4.18. The molecule has 48 valence electrons. The molecule has 1 aliphatic heterocycles. The molecule has 0 unspecified atom stereocenters. The van der Waals surface area contributed by atoms with Crippen molar-refractivity contribution in [2.24, 2.45) is 0 Å². The standard InChI is InChI=1S/C5H5NO3.Y/c7-3-1-4(8)6-5(9)2-3;/h1-2H2,(H,6,8,9);/q;+3/p-1. The van der Waals surface area contributed by atoms with Crippen LogP contribution in [0.2, 0.25) is 0 Å². The number of carbonyl (C=O) groups is 3. The van der Waals surface area contributed by atoms with Gasteiger partial charge in [0.2, 0.25) is 0 Å². The van der Waals surface area contributed by atoms with Crippen LogP contribution in [0.4, 0.5) is 0 Å². The number of carbonyl (C=O) groups excluding carboxylic acids is 3. The molecule has 5 heteroatoms. The predicted molar refractivity (Wildman–Crippen MR) is 27.6 cm³/mol. The maximum atomic E-state index is 10.4. The Hall–Kier alpha value is -0.0861. The van der Waals surface area contributed by atoms with E-state index < -0.39 is 11.8 Å². The molecule has 1 aliphatic rings. The van der Waals surface area contributed by atoms with Crippen molar-refractivity contribution in [2.45, 2.75) is 12.8 Å². The van der Waals surface area contributed by atoms with E-state index in [0.717, 1.165) is 0 Å². The molecule has 0 aliphatic carbocycles. The Labute approximate surface area is 82.6 Å². The average molecular weight is 215 g/mol. The molecule has 1 heterocycles. The minimum Gasteiger partial charge on any atom is -0.595 e. The van der Waals surface area contributed by atoms with Crippen molar-refractivity contribution >= 4 is 17.6 Å². The molecule has 1 fully saturated rings. The Balaban J connectivity index is 0.000000810. The Morgan fingerprint density at radius 1 is 1.00 bits per heavy atom. The Morgan fingerprint density at radius 3 is 1.70 bits per heavy atom. The maximum Gasteiger partial charge on any atom is 3.00 e. The van der Waals surface area contributed by atoms with Crippen LogP contribution in [0.15, 0.2) is 0 Å². The van der Waals surface area contributed by atoms with Crippen molar-refractivity contribution in [2.75, 3.05) is 0 Å². The summed E-state index contributed by atoms with van der Waals surface area (Å²) in [4.78, 5) is 30.9. The quantitative estimate of drug-likeness (QED) is 0.414. The molecule has 0 aromatic heterocycles. The van der Waals surface area contributed by atoms with Crippen LogP contribution in [0.5, 0.6) is 0 Å². The zero-order valence-corrected chi connectivity index (χ0v) is 8.00. The number of amides is 2. The first-order valence-corrected chi connectivity index (χ1v) is 2.47. The van der Waals surface area contributed by atoms with Gasteiger partial charge in [-0.2, -0.15) is 0 Å². The molecule has 0 aromatic carbocycles. The molecule has 0 N–H and O–H groups in total. The van der Waals surface area contributed by atoms with Crippen LogP contribution < -0.4 is 0 Å². The van der Waals surface area contributed by atoms with Gasteiger partial charge < -0.3 is 14.9 Å². The normalized spacial score (nSPS) is 17.8.